The van der Waals surface area contributed by atoms with Crippen LogP contribution in [0.4, 0.5) is 8.78 Å². The first kappa shape index (κ1) is 12.6. The summed E-state index contributed by atoms with van der Waals surface area (Å²) in [6.45, 7) is 2.47. The zero-order chi connectivity index (χ0) is 12.1. The van der Waals surface area contributed by atoms with E-state index in [1.165, 1.54) is 13.0 Å². The van der Waals surface area contributed by atoms with Gasteiger partial charge in [0.2, 0.25) is 0 Å². The average Bonchev–Trinajstić information content (AvgIpc) is 2.23. The monoisotopic (exact) mass is 228 g/mol. The van der Waals surface area contributed by atoms with E-state index in [-0.39, 0.29) is 11.1 Å². The highest BCUT2D eigenvalue weighted by Crippen LogP contribution is 2.13. The first-order valence-electron chi connectivity index (χ1n) is 4.94. The summed E-state index contributed by atoms with van der Waals surface area (Å²) >= 11 is 0. The zero-order valence-electron chi connectivity index (χ0n) is 9.23. The third kappa shape index (κ3) is 3.00. The van der Waals surface area contributed by atoms with Gasteiger partial charge in [0.15, 0.2) is 0 Å². The van der Waals surface area contributed by atoms with Crippen LogP contribution in [0.5, 0.6) is 0 Å². The lowest BCUT2D eigenvalue weighted by atomic mass is 10.1. The van der Waals surface area contributed by atoms with E-state index in [1.54, 1.807) is 7.05 Å². The average molecular weight is 228 g/mol. The van der Waals surface area contributed by atoms with Crippen LogP contribution in [0.1, 0.15) is 15.9 Å². The summed E-state index contributed by atoms with van der Waals surface area (Å²) in [5.41, 5.74) is 0.121. The Bertz CT molecular complexity index is 394. The minimum atomic E-state index is -0.843. The summed E-state index contributed by atoms with van der Waals surface area (Å²) in [6.07, 6.45) is 0. The smallest absolute Gasteiger partial charge is 0.254 e. The van der Waals surface area contributed by atoms with Gasteiger partial charge in [0.25, 0.3) is 5.91 Å². The fourth-order valence-electron chi connectivity index (χ4n) is 1.23. The van der Waals surface area contributed by atoms with Crippen LogP contribution in [0, 0.1) is 18.6 Å². The van der Waals surface area contributed by atoms with E-state index in [0.29, 0.717) is 13.1 Å². The number of benzene rings is 1. The summed E-state index contributed by atoms with van der Waals surface area (Å²) < 4.78 is 26.2. The second-order valence-corrected chi connectivity index (χ2v) is 3.44. The van der Waals surface area contributed by atoms with E-state index in [9.17, 15) is 13.6 Å². The lowest BCUT2D eigenvalue weighted by Gasteiger charge is -2.07. The molecule has 0 fully saturated rings. The second kappa shape index (κ2) is 5.55. The van der Waals surface area contributed by atoms with E-state index >= 15 is 0 Å². The van der Waals surface area contributed by atoms with E-state index < -0.39 is 17.5 Å². The van der Waals surface area contributed by atoms with Crippen LogP contribution in [0.25, 0.3) is 0 Å². The molecule has 0 bridgehead atoms. The predicted octanol–water partition coefficient (Wildman–Crippen LogP) is 1.22. The number of halogens is 2. The molecule has 0 atom stereocenters. The molecule has 1 amide bonds. The summed E-state index contributed by atoms with van der Waals surface area (Å²) in [4.78, 5) is 11.5. The van der Waals surface area contributed by atoms with Crippen LogP contribution in [-0.4, -0.2) is 26.0 Å². The maximum Gasteiger partial charge on any atom is 0.254 e. The van der Waals surface area contributed by atoms with Crippen LogP contribution in [0.2, 0.25) is 0 Å². The van der Waals surface area contributed by atoms with Crippen LogP contribution in [0.3, 0.4) is 0 Å². The molecule has 3 nitrogen and oxygen atoms in total. The number of rotatable bonds is 4. The first-order valence-corrected chi connectivity index (χ1v) is 4.94. The third-order valence-corrected chi connectivity index (χ3v) is 2.15. The highest BCUT2D eigenvalue weighted by atomic mass is 19.1. The van der Waals surface area contributed by atoms with Gasteiger partial charge in [-0.3, -0.25) is 4.79 Å². The Hall–Kier alpha value is -1.49. The minimum Gasteiger partial charge on any atom is -0.351 e. The van der Waals surface area contributed by atoms with Gasteiger partial charge in [0.1, 0.15) is 11.6 Å². The molecule has 0 spiro atoms. The van der Waals surface area contributed by atoms with Gasteiger partial charge >= 0.3 is 0 Å². The van der Waals surface area contributed by atoms with Crippen molar-refractivity contribution in [3.63, 3.8) is 0 Å². The van der Waals surface area contributed by atoms with Gasteiger partial charge in [-0.1, -0.05) is 0 Å². The van der Waals surface area contributed by atoms with Crippen LogP contribution in [0.15, 0.2) is 12.1 Å². The van der Waals surface area contributed by atoms with Gasteiger partial charge in [-0.15, -0.1) is 0 Å². The third-order valence-electron chi connectivity index (χ3n) is 2.15. The summed E-state index contributed by atoms with van der Waals surface area (Å²) in [6, 6.07) is 1.93. The molecule has 0 aliphatic heterocycles. The Labute approximate surface area is 92.8 Å². The number of hydrogen-bond donors (Lipinski definition) is 2. The molecule has 0 saturated carbocycles. The molecule has 1 aromatic carbocycles. The SMILES string of the molecule is CNCCNC(=O)c1cc(C)c(F)cc1F. The van der Waals surface area contributed by atoms with Gasteiger partial charge in [-0.05, 0) is 25.6 Å². The van der Waals surface area contributed by atoms with Crippen molar-refractivity contribution >= 4 is 5.91 Å². The molecule has 88 valence electrons. The van der Waals surface area contributed by atoms with Crippen LogP contribution < -0.4 is 10.6 Å². The minimum absolute atomic E-state index is 0.130. The number of aryl methyl sites for hydroxylation is 1. The second-order valence-electron chi connectivity index (χ2n) is 3.44. The van der Waals surface area contributed by atoms with Gasteiger partial charge in [-0.2, -0.15) is 0 Å². The van der Waals surface area contributed by atoms with Crippen molar-refractivity contribution in [2.75, 3.05) is 20.1 Å². The normalized spacial score (nSPS) is 10.2. The number of carbonyl (C=O) groups is 1. The summed E-state index contributed by atoms with van der Waals surface area (Å²) in [7, 11) is 1.74. The van der Waals surface area contributed by atoms with Gasteiger partial charge in [0.05, 0.1) is 5.56 Å². The number of carbonyl (C=O) groups excluding carboxylic acids is 1. The molecule has 0 radical (unpaired) electrons. The highest BCUT2D eigenvalue weighted by Gasteiger charge is 2.13. The Morgan fingerprint density at radius 3 is 2.56 bits per heavy atom. The molecular weight excluding hydrogens is 214 g/mol. The molecule has 0 aliphatic rings. The number of hydrogen-bond acceptors (Lipinski definition) is 2. The first-order chi connectivity index (χ1) is 7.56. The Morgan fingerprint density at radius 1 is 1.25 bits per heavy atom. The van der Waals surface area contributed by atoms with Crippen molar-refractivity contribution in [3.8, 4) is 0 Å². The molecule has 1 aromatic rings. The predicted molar refractivity (Wildman–Crippen MR) is 57.4 cm³/mol. The molecule has 0 aliphatic carbocycles. The molecule has 0 aromatic heterocycles. The quantitative estimate of drug-likeness (QED) is 0.761. The molecular formula is C11H14F2N2O. The van der Waals surface area contributed by atoms with E-state index in [2.05, 4.69) is 10.6 Å². The lowest BCUT2D eigenvalue weighted by Crippen LogP contribution is -2.31. The Kier molecular flexibility index (Phi) is 4.37. The molecule has 0 saturated heterocycles. The molecule has 5 heteroatoms. The van der Waals surface area contributed by atoms with Crippen molar-refractivity contribution in [2.24, 2.45) is 0 Å². The number of likely N-dealkylation sites (N-methyl/N-ethyl adjacent to an activating group) is 1. The number of amides is 1. The van der Waals surface area contributed by atoms with Gasteiger partial charge < -0.3 is 10.6 Å². The highest BCUT2D eigenvalue weighted by molar-refractivity contribution is 5.94. The largest absolute Gasteiger partial charge is 0.351 e. The Balaban J connectivity index is 2.79. The molecule has 0 unspecified atom stereocenters. The fraction of sp³-hybridized carbons (Fsp3) is 0.364. The maximum absolute atomic E-state index is 13.3. The van der Waals surface area contributed by atoms with Gasteiger partial charge in [0, 0.05) is 19.2 Å². The molecule has 0 heterocycles. The zero-order valence-corrected chi connectivity index (χ0v) is 9.23. The van der Waals surface area contributed by atoms with E-state index in [1.807, 2.05) is 0 Å². The Morgan fingerprint density at radius 2 is 1.94 bits per heavy atom. The molecule has 16 heavy (non-hydrogen) atoms. The molecule has 2 N–H and O–H groups in total. The molecule has 1 rings (SSSR count). The van der Waals surface area contributed by atoms with Crippen molar-refractivity contribution < 1.29 is 13.6 Å². The number of nitrogens with one attached hydrogen (secondary N) is 2. The van der Waals surface area contributed by atoms with Crippen molar-refractivity contribution in [1.29, 1.82) is 0 Å². The van der Waals surface area contributed by atoms with Crippen LogP contribution in [-0.2, 0) is 0 Å². The van der Waals surface area contributed by atoms with Crippen molar-refractivity contribution in [3.05, 3.63) is 34.9 Å². The summed E-state index contributed by atoms with van der Waals surface area (Å²) in [5, 5.41) is 5.36. The van der Waals surface area contributed by atoms with Crippen molar-refractivity contribution in [1.82, 2.24) is 10.6 Å². The van der Waals surface area contributed by atoms with E-state index in [4.69, 9.17) is 0 Å². The van der Waals surface area contributed by atoms with Crippen molar-refractivity contribution in [2.45, 2.75) is 6.92 Å². The topological polar surface area (TPSA) is 41.1 Å². The maximum atomic E-state index is 13.3. The summed E-state index contributed by atoms with van der Waals surface area (Å²) in [5.74, 6) is -2.02. The van der Waals surface area contributed by atoms with E-state index in [0.717, 1.165) is 6.07 Å². The lowest BCUT2D eigenvalue weighted by molar-refractivity contribution is 0.0950. The standard InChI is InChI=1S/C11H14F2N2O/c1-7-5-8(10(13)6-9(7)12)11(16)15-4-3-14-2/h5-6,14H,3-4H2,1-2H3,(H,15,16). The van der Waals surface area contributed by atoms with Gasteiger partial charge in [-0.25, -0.2) is 8.78 Å². The fourth-order valence-corrected chi connectivity index (χ4v) is 1.23. The van der Waals surface area contributed by atoms with Crippen LogP contribution >= 0.6 is 0 Å².